The van der Waals surface area contributed by atoms with Gasteiger partial charge in [-0.25, -0.2) is 0 Å². The van der Waals surface area contributed by atoms with Crippen molar-refractivity contribution in [1.29, 1.82) is 0 Å². The van der Waals surface area contributed by atoms with Gasteiger partial charge in [-0.3, -0.25) is 0 Å². The highest BCUT2D eigenvalue weighted by Crippen LogP contribution is 2.22. The number of ether oxygens (including phenoxy) is 4. The van der Waals surface area contributed by atoms with Crippen LogP contribution in [0.1, 0.15) is 11.7 Å². The monoisotopic (exact) mass is 428 g/mol. The van der Waals surface area contributed by atoms with Gasteiger partial charge >= 0.3 is 0 Å². The van der Waals surface area contributed by atoms with Gasteiger partial charge in [-0.05, 0) is 17.7 Å². The number of hydrogen-bond donors (Lipinski definition) is 0. The predicted octanol–water partition coefficient (Wildman–Crippen LogP) is 3.51. The van der Waals surface area contributed by atoms with Crippen LogP contribution in [-0.2, 0) is 18.9 Å². The average Bonchev–Trinajstić information content (AvgIpc) is 2.49. The van der Waals surface area contributed by atoms with E-state index in [-0.39, 0.29) is 6.10 Å². The summed E-state index contributed by atoms with van der Waals surface area (Å²) in [5, 5.41) is 0.732. The molecule has 0 aliphatic carbocycles. The second-order valence-corrected chi connectivity index (χ2v) is 5.60. The van der Waals surface area contributed by atoms with Gasteiger partial charge in [0.15, 0.2) is 0 Å². The van der Waals surface area contributed by atoms with Crippen LogP contribution in [0, 0.1) is 0 Å². The molecule has 0 bridgehead atoms. The quantitative estimate of drug-likeness (QED) is 0.290. The molecule has 0 aliphatic heterocycles. The first kappa shape index (κ1) is 19.1. The smallest absolute Gasteiger partial charge is 0.0915 e. The van der Waals surface area contributed by atoms with Crippen molar-refractivity contribution >= 4 is 34.2 Å². The lowest BCUT2D eigenvalue weighted by atomic mass is 10.1. The average molecular weight is 429 g/mol. The summed E-state index contributed by atoms with van der Waals surface area (Å²) in [6, 6.07) is 7.77. The van der Waals surface area contributed by atoms with Crippen molar-refractivity contribution in [1.82, 2.24) is 0 Å². The largest absolute Gasteiger partial charge is 0.382 e. The van der Waals surface area contributed by atoms with Gasteiger partial charge in [0, 0.05) is 16.6 Å². The van der Waals surface area contributed by atoms with Crippen LogP contribution in [0.4, 0.5) is 0 Å². The van der Waals surface area contributed by atoms with Crippen LogP contribution in [0.2, 0.25) is 5.02 Å². The van der Waals surface area contributed by atoms with Gasteiger partial charge in [-0.15, -0.1) is 0 Å². The standard InChI is InChI=1S/C15H22ClIO4/c1-18-5-6-19-7-8-20-9-10-21-15(12-17)13-3-2-4-14(16)11-13/h2-4,11,15H,5-10,12H2,1H3. The molecule has 0 radical (unpaired) electrons. The second-order valence-electron chi connectivity index (χ2n) is 4.29. The van der Waals surface area contributed by atoms with Crippen LogP contribution in [0.5, 0.6) is 0 Å². The molecule has 0 spiro atoms. The fraction of sp³-hybridized carbons (Fsp3) is 0.600. The SMILES string of the molecule is COCCOCCOCCOC(CI)c1cccc(Cl)c1. The summed E-state index contributed by atoms with van der Waals surface area (Å²) in [4.78, 5) is 0. The van der Waals surface area contributed by atoms with Crippen LogP contribution in [0.3, 0.4) is 0 Å². The van der Waals surface area contributed by atoms with Crippen LogP contribution in [-0.4, -0.2) is 51.2 Å². The van der Waals surface area contributed by atoms with Gasteiger partial charge in [0.2, 0.25) is 0 Å². The summed E-state index contributed by atoms with van der Waals surface area (Å²) in [5.41, 5.74) is 1.10. The van der Waals surface area contributed by atoms with E-state index in [4.69, 9.17) is 30.5 Å². The number of alkyl halides is 1. The zero-order valence-electron chi connectivity index (χ0n) is 12.2. The van der Waals surface area contributed by atoms with Crippen LogP contribution < -0.4 is 0 Å². The minimum Gasteiger partial charge on any atom is -0.382 e. The van der Waals surface area contributed by atoms with E-state index in [0.717, 1.165) is 15.0 Å². The van der Waals surface area contributed by atoms with Gasteiger partial charge in [0.1, 0.15) is 0 Å². The third kappa shape index (κ3) is 8.95. The van der Waals surface area contributed by atoms with E-state index in [1.165, 1.54) is 0 Å². The molecule has 1 atom stereocenters. The van der Waals surface area contributed by atoms with E-state index in [0.29, 0.717) is 39.6 Å². The second kappa shape index (κ2) is 12.6. The van der Waals surface area contributed by atoms with Crippen molar-refractivity contribution in [2.24, 2.45) is 0 Å². The predicted molar refractivity (Wildman–Crippen MR) is 92.5 cm³/mol. The van der Waals surface area contributed by atoms with E-state index in [9.17, 15) is 0 Å². The van der Waals surface area contributed by atoms with Gasteiger partial charge < -0.3 is 18.9 Å². The molecule has 0 amide bonds. The molecule has 6 heteroatoms. The van der Waals surface area contributed by atoms with Gasteiger partial charge in [0.25, 0.3) is 0 Å². The van der Waals surface area contributed by atoms with Crippen molar-refractivity contribution in [3.8, 4) is 0 Å². The normalized spacial score (nSPS) is 12.5. The summed E-state index contributed by atoms with van der Waals surface area (Å²) in [5.74, 6) is 0. The molecule has 21 heavy (non-hydrogen) atoms. The lowest BCUT2D eigenvalue weighted by molar-refractivity contribution is -0.0109. The molecule has 0 aromatic heterocycles. The van der Waals surface area contributed by atoms with Crippen molar-refractivity contribution in [2.45, 2.75) is 6.10 Å². The Morgan fingerprint density at radius 2 is 1.71 bits per heavy atom. The molecule has 1 aromatic rings. The maximum Gasteiger partial charge on any atom is 0.0915 e. The minimum atomic E-state index is 0.0471. The van der Waals surface area contributed by atoms with Crippen LogP contribution in [0.15, 0.2) is 24.3 Å². The molecular weight excluding hydrogens is 407 g/mol. The molecule has 0 fully saturated rings. The Balaban J connectivity index is 2.10. The zero-order valence-corrected chi connectivity index (χ0v) is 15.1. The first-order valence-corrected chi connectivity index (χ1v) is 8.75. The fourth-order valence-electron chi connectivity index (χ4n) is 1.65. The van der Waals surface area contributed by atoms with Crippen molar-refractivity contribution < 1.29 is 18.9 Å². The van der Waals surface area contributed by atoms with E-state index in [1.54, 1.807) is 7.11 Å². The maximum absolute atomic E-state index is 6.00. The van der Waals surface area contributed by atoms with E-state index < -0.39 is 0 Å². The molecule has 4 nitrogen and oxygen atoms in total. The summed E-state index contributed by atoms with van der Waals surface area (Å²) >= 11 is 8.31. The Morgan fingerprint density at radius 3 is 2.33 bits per heavy atom. The summed E-state index contributed by atoms with van der Waals surface area (Å²) < 4.78 is 22.3. The molecule has 0 N–H and O–H groups in total. The molecule has 0 saturated carbocycles. The molecule has 1 unspecified atom stereocenters. The number of hydrogen-bond acceptors (Lipinski definition) is 4. The highest BCUT2D eigenvalue weighted by atomic mass is 127. The summed E-state index contributed by atoms with van der Waals surface area (Å²) in [7, 11) is 1.65. The Bertz CT molecular complexity index is 378. The third-order valence-corrected chi connectivity index (χ3v) is 3.75. The highest BCUT2D eigenvalue weighted by molar-refractivity contribution is 14.1. The van der Waals surface area contributed by atoms with E-state index >= 15 is 0 Å². The van der Waals surface area contributed by atoms with Crippen molar-refractivity contribution in [3.05, 3.63) is 34.9 Å². The fourth-order valence-corrected chi connectivity index (χ4v) is 2.61. The lowest BCUT2D eigenvalue weighted by Crippen LogP contribution is -2.13. The summed E-state index contributed by atoms with van der Waals surface area (Å²) in [6.07, 6.45) is 0.0471. The number of methoxy groups -OCH3 is 1. The first-order chi connectivity index (χ1) is 10.3. The molecule has 120 valence electrons. The lowest BCUT2D eigenvalue weighted by Gasteiger charge is -2.16. The minimum absolute atomic E-state index is 0.0471. The van der Waals surface area contributed by atoms with Gasteiger partial charge in [0.05, 0.1) is 45.7 Å². The molecule has 1 aromatic carbocycles. The van der Waals surface area contributed by atoms with Gasteiger partial charge in [-0.2, -0.15) is 0 Å². The third-order valence-electron chi connectivity index (χ3n) is 2.71. The molecule has 0 saturated heterocycles. The van der Waals surface area contributed by atoms with Crippen LogP contribution >= 0.6 is 34.2 Å². The maximum atomic E-state index is 6.00. The summed E-state index contributed by atoms with van der Waals surface area (Å²) in [6.45, 7) is 3.47. The Labute approximate surface area is 145 Å². The Morgan fingerprint density at radius 1 is 1.05 bits per heavy atom. The molecule has 0 heterocycles. The number of halogens is 2. The first-order valence-electron chi connectivity index (χ1n) is 6.85. The Kier molecular flexibility index (Phi) is 11.5. The van der Waals surface area contributed by atoms with Crippen LogP contribution in [0.25, 0.3) is 0 Å². The number of benzene rings is 1. The van der Waals surface area contributed by atoms with Crippen molar-refractivity contribution in [2.75, 3.05) is 51.2 Å². The molecule has 0 aliphatic rings. The van der Waals surface area contributed by atoms with Gasteiger partial charge in [-0.1, -0.05) is 46.3 Å². The van der Waals surface area contributed by atoms with E-state index in [2.05, 4.69) is 22.6 Å². The Hall–Kier alpha value is 0.0800. The zero-order chi connectivity index (χ0) is 15.3. The van der Waals surface area contributed by atoms with Crippen molar-refractivity contribution in [3.63, 3.8) is 0 Å². The number of rotatable bonds is 12. The highest BCUT2D eigenvalue weighted by Gasteiger charge is 2.10. The topological polar surface area (TPSA) is 36.9 Å². The molecule has 1 rings (SSSR count). The van der Waals surface area contributed by atoms with E-state index in [1.807, 2.05) is 24.3 Å². The molecular formula is C15H22ClIO4.